The van der Waals surface area contributed by atoms with E-state index in [1.54, 1.807) is 6.20 Å². The monoisotopic (exact) mass is 401 g/mol. The molecule has 1 aliphatic carbocycles. The van der Waals surface area contributed by atoms with Gasteiger partial charge in [-0.1, -0.05) is 36.4 Å². The number of ether oxygens (including phenoxy) is 1. The second-order valence-corrected chi connectivity index (χ2v) is 8.00. The number of morpholine rings is 1. The summed E-state index contributed by atoms with van der Waals surface area (Å²) in [5.41, 5.74) is 6.36. The highest BCUT2D eigenvalue weighted by Gasteiger charge is 2.24. The molecule has 0 amide bonds. The number of halogens is 1. The lowest BCUT2D eigenvalue weighted by Gasteiger charge is -2.34. The van der Waals surface area contributed by atoms with Gasteiger partial charge in [0.1, 0.15) is 5.82 Å². The zero-order valence-corrected chi connectivity index (χ0v) is 17.2. The number of pyridine rings is 2. The Hall–Kier alpha value is -3.05. The second kappa shape index (κ2) is 7.65. The van der Waals surface area contributed by atoms with Crippen LogP contribution in [0.15, 0.2) is 48.7 Å². The zero-order valence-electron chi connectivity index (χ0n) is 17.2. The SMILES string of the molecule is Cc1ccccc1-c1cc(-c2c(F)ncc3c2C=CC3)nc(N2CCOC[C@H]2C)c1. The molecule has 30 heavy (non-hydrogen) atoms. The Bertz CT molecular complexity index is 1140. The van der Waals surface area contributed by atoms with Crippen molar-refractivity contribution in [2.24, 2.45) is 0 Å². The fourth-order valence-electron chi connectivity index (χ4n) is 4.35. The summed E-state index contributed by atoms with van der Waals surface area (Å²) in [6, 6.07) is 12.6. The number of allylic oxidation sites excluding steroid dienone is 1. The van der Waals surface area contributed by atoms with E-state index in [1.165, 1.54) is 5.56 Å². The minimum atomic E-state index is -0.476. The maximum atomic E-state index is 15.0. The molecule has 0 N–H and O–H groups in total. The van der Waals surface area contributed by atoms with Crippen LogP contribution in [-0.2, 0) is 11.2 Å². The highest BCUT2D eigenvalue weighted by Crippen LogP contribution is 2.36. The third-order valence-corrected chi connectivity index (χ3v) is 5.96. The van der Waals surface area contributed by atoms with Crippen molar-refractivity contribution < 1.29 is 9.13 Å². The van der Waals surface area contributed by atoms with Gasteiger partial charge < -0.3 is 9.64 Å². The summed E-state index contributed by atoms with van der Waals surface area (Å²) in [7, 11) is 0. The molecule has 152 valence electrons. The number of fused-ring (bicyclic) bond motifs is 1. The minimum absolute atomic E-state index is 0.204. The van der Waals surface area contributed by atoms with E-state index < -0.39 is 5.95 Å². The van der Waals surface area contributed by atoms with Gasteiger partial charge in [-0.2, -0.15) is 4.39 Å². The number of nitrogens with zero attached hydrogens (tertiary/aromatic N) is 3. The smallest absolute Gasteiger partial charge is 0.222 e. The van der Waals surface area contributed by atoms with Gasteiger partial charge in [-0.15, -0.1) is 0 Å². The van der Waals surface area contributed by atoms with Crippen LogP contribution in [0.5, 0.6) is 0 Å². The first-order valence-electron chi connectivity index (χ1n) is 10.4. The van der Waals surface area contributed by atoms with Crippen molar-refractivity contribution in [2.45, 2.75) is 26.3 Å². The average molecular weight is 401 g/mol. The van der Waals surface area contributed by atoms with Crippen LogP contribution in [0.25, 0.3) is 28.5 Å². The number of hydrogen-bond acceptors (Lipinski definition) is 4. The number of aromatic nitrogens is 2. The van der Waals surface area contributed by atoms with Gasteiger partial charge in [-0.05, 0) is 60.2 Å². The first-order chi connectivity index (χ1) is 14.6. The van der Waals surface area contributed by atoms with Gasteiger partial charge in [-0.25, -0.2) is 9.97 Å². The van der Waals surface area contributed by atoms with Crippen molar-refractivity contribution in [1.82, 2.24) is 9.97 Å². The van der Waals surface area contributed by atoms with Gasteiger partial charge in [0.25, 0.3) is 0 Å². The lowest BCUT2D eigenvalue weighted by Crippen LogP contribution is -2.44. The summed E-state index contributed by atoms with van der Waals surface area (Å²) < 4.78 is 20.6. The third-order valence-electron chi connectivity index (χ3n) is 5.96. The molecule has 0 spiro atoms. The Morgan fingerprint density at radius 2 is 2.07 bits per heavy atom. The van der Waals surface area contributed by atoms with E-state index in [4.69, 9.17) is 9.72 Å². The van der Waals surface area contributed by atoms with E-state index in [0.717, 1.165) is 41.0 Å². The predicted octanol–water partition coefficient (Wildman–Crippen LogP) is 5.05. The van der Waals surface area contributed by atoms with Crippen LogP contribution < -0.4 is 4.90 Å². The molecular weight excluding hydrogens is 377 g/mol. The third kappa shape index (κ3) is 3.29. The van der Waals surface area contributed by atoms with E-state index >= 15 is 0 Å². The van der Waals surface area contributed by atoms with Crippen molar-refractivity contribution in [3.8, 4) is 22.4 Å². The van der Waals surface area contributed by atoms with E-state index in [1.807, 2.05) is 30.4 Å². The Balaban J connectivity index is 1.73. The Labute approximate surface area is 176 Å². The summed E-state index contributed by atoms with van der Waals surface area (Å²) in [4.78, 5) is 11.2. The molecule has 1 atom stereocenters. The molecule has 2 aliphatic rings. The quantitative estimate of drug-likeness (QED) is 0.576. The topological polar surface area (TPSA) is 38.2 Å². The molecule has 5 heteroatoms. The molecule has 0 saturated carbocycles. The summed E-state index contributed by atoms with van der Waals surface area (Å²) in [5, 5.41) is 0. The largest absolute Gasteiger partial charge is 0.377 e. The molecule has 1 fully saturated rings. The molecule has 1 aromatic carbocycles. The fraction of sp³-hybridized carbons (Fsp3) is 0.280. The number of aryl methyl sites for hydroxylation is 1. The van der Waals surface area contributed by atoms with Gasteiger partial charge in [0.2, 0.25) is 5.95 Å². The maximum absolute atomic E-state index is 15.0. The zero-order chi connectivity index (χ0) is 20.7. The lowest BCUT2D eigenvalue weighted by atomic mass is 9.97. The molecule has 3 heterocycles. The summed E-state index contributed by atoms with van der Waals surface area (Å²) >= 11 is 0. The summed E-state index contributed by atoms with van der Waals surface area (Å²) in [5.74, 6) is 0.372. The van der Waals surface area contributed by atoms with Crippen LogP contribution in [0, 0.1) is 12.9 Å². The molecule has 0 radical (unpaired) electrons. The van der Waals surface area contributed by atoms with Crippen LogP contribution in [0.4, 0.5) is 10.2 Å². The van der Waals surface area contributed by atoms with Gasteiger partial charge in [0.15, 0.2) is 0 Å². The molecule has 0 bridgehead atoms. The Morgan fingerprint density at radius 1 is 1.20 bits per heavy atom. The van der Waals surface area contributed by atoms with E-state index in [0.29, 0.717) is 24.5 Å². The normalized spacial score (nSPS) is 18.0. The Kier molecular flexibility index (Phi) is 4.83. The predicted molar refractivity (Wildman–Crippen MR) is 118 cm³/mol. The highest BCUT2D eigenvalue weighted by molar-refractivity contribution is 5.81. The highest BCUT2D eigenvalue weighted by atomic mass is 19.1. The van der Waals surface area contributed by atoms with Gasteiger partial charge in [0, 0.05) is 12.7 Å². The van der Waals surface area contributed by atoms with E-state index in [9.17, 15) is 4.39 Å². The number of benzene rings is 1. The molecule has 5 rings (SSSR count). The molecule has 1 aliphatic heterocycles. The van der Waals surface area contributed by atoms with Crippen LogP contribution >= 0.6 is 0 Å². The van der Waals surface area contributed by atoms with Crippen molar-refractivity contribution in [3.63, 3.8) is 0 Å². The molecule has 2 aromatic heterocycles. The Morgan fingerprint density at radius 3 is 2.90 bits per heavy atom. The standard InChI is InChI=1S/C25H24FN3O/c1-16-6-3-4-8-20(16)19-12-22(24-21-9-5-7-18(21)14-27-25(24)26)28-23(13-19)29-10-11-30-15-17(29)2/h3-6,8-9,12-14,17H,7,10-11,15H2,1-2H3/t17-/m1/s1. The van der Waals surface area contributed by atoms with Crippen molar-refractivity contribution in [3.05, 3.63) is 71.3 Å². The molecule has 4 nitrogen and oxygen atoms in total. The molecule has 1 saturated heterocycles. The van der Waals surface area contributed by atoms with Crippen LogP contribution in [-0.4, -0.2) is 35.8 Å². The molecule has 3 aromatic rings. The maximum Gasteiger partial charge on any atom is 0.222 e. The number of hydrogen-bond donors (Lipinski definition) is 0. The van der Waals surface area contributed by atoms with Crippen LogP contribution in [0.1, 0.15) is 23.6 Å². The van der Waals surface area contributed by atoms with Crippen LogP contribution in [0.2, 0.25) is 0 Å². The molecular formula is C25H24FN3O. The van der Waals surface area contributed by atoms with E-state index in [-0.39, 0.29) is 6.04 Å². The first-order valence-corrected chi connectivity index (χ1v) is 10.4. The van der Waals surface area contributed by atoms with E-state index in [2.05, 4.69) is 41.9 Å². The average Bonchev–Trinajstić information content (AvgIpc) is 3.22. The van der Waals surface area contributed by atoms with Crippen molar-refractivity contribution in [2.75, 3.05) is 24.7 Å². The fourth-order valence-corrected chi connectivity index (χ4v) is 4.35. The second-order valence-electron chi connectivity index (χ2n) is 8.00. The first kappa shape index (κ1) is 18.9. The lowest BCUT2D eigenvalue weighted by molar-refractivity contribution is 0.0985. The van der Waals surface area contributed by atoms with Gasteiger partial charge in [-0.3, -0.25) is 0 Å². The molecule has 0 unspecified atom stereocenters. The van der Waals surface area contributed by atoms with Crippen molar-refractivity contribution in [1.29, 1.82) is 0 Å². The van der Waals surface area contributed by atoms with Gasteiger partial charge in [0.05, 0.1) is 30.5 Å². The summed E-state index contributed by atoms with van der Waals surface area (Å²) in [6.07, 6.45) is 6.44. The minimum Gasteiger partial charge on any atom is -0.377 e. The van der Waals surface area contributed by atoms with Crippen molar-refractivity contribution >= 4 is 11.9 Å². The van der Waals surface area contributed by atoms with Crippen LogP contribution in [0.3, 0.4) is 0 Å². The van der Waals surface area contributed by atoms with Gasteiger partial charge >= 0.3 is 0 Å². The summed E-state index contributed by atoms with van der Waals surface area (Å²) in [6.45, 7) is 6.31. The number of anilines is 1. The number of rotatable bonds is 3.